The number of amides is 1. The summed E-state index contributed by atoms with van der Waals surface area (Å²) in [6, 6.07) is 5.99. The van der Waals surface area contributed by atoms with Crippen molar-refractivity contribution in [3.05, 3.63) is 41.7 Å². The molecule has 8 heteroatoms. The van der Waals surface area contributed by atoms with E-state index in [1.54, 1.807) is 6.07 Å². The lowest BCUT2D eigenvalue weighted by molar-refractivity contribution is -0.140. The second kappa shape index (κ2) is 9.61. The van der Waals surface area contributed by atoms with Crippen LogP contribution in [0.1, 0.15) is 63.2 Å². The quantitative estimate of drug-likeness (QED) is 0.542. The zero-order chi connectivity index (χ0) is 24.4. The first-order chi connectivity index (χ1) is 15.3. The Morgan fingerprint density at radius 3 is 2.45 bits per heavy atom. The van der Waals surface area contributed by atoms with E-state index in [-0.39, 0.29) is 48.5 Å². The average Bonchev–Trinajstić information content (AvgIpc) is 2.70. The normalized spacial score (nSPS) is 17.5. The van der Waals surface area contributed by atoms with Crippen LogP contribution >= 0.6 is 0 Å². The van der Waals surface area contributed by atoms with Gasteiger partial charge in [0.05, 0.1) is 12.2 Å². The van der Waals surface area contributed by atoms with E-state index in [9.17, 15) is 27.9 Å². The molecule has 1 amide bonds. The van der Waals surface area contributed by atoms with Crippen molar-refractivity contribution in [2.75, 3.05) is 6.61 Å². The van der Waals surface area contributed by atoms with E-state index < -0.39 is 29.7 Å². The van der Waals surface area contributed by atoms with E-state index in [0.29, 0.717) is 23.6 Å². The van der Waals surface area contributed by atoms with Gasteiger partial charge in [0.25, 0.3) is 5.91 Å². The van der Waals surface area contributed by atoms with Crippen LogP contribution in [0.4, 0.5) is 13.2 Å². The van der Waals surface area contributed by atoms with Crippen LogP contribution in [-0.4, -0.2) is 35.6 Å². The van der Waals surface area contributed by atoms with E-state index >= 15 is 0 Å². The van der Waals surface area contributed by atoms with Gasteiger partial charge in [0, 0.05) is 18.2 Å². The van der Waals surface area contributed by atoms with Crippen LogP contribution in [-0.2, 0) is 4.79 Å². The number of benzene rings is 2. The number of ether oxygens (including phenoxy) is 1. The number of carboxylic acid groups (broad SMARTS) is 1. The molecule has 0 spiro atoms. The Bertz CT molecular complexity index is 1020. The highest BCUT2D eigenvalue weighted by molar-refractivity contribution is 6.04. The van der Waals surface area contributed by atoms with Gasteiger partial charge in [-0.05, 0) is 60.2 Å². The van der Waals surface area contributed by atoms with E-state index in [4.69, 9.17) is 4.74 Å². The summed E-state index contributed by atoms with van der Waals surface area (Å²) in [5.74, 6) is -4.77. The van der Waals surface area contributed by atoms with Gasteiger partial charge in [0.1, 0.15) is 17.6 Å². The minimum atomic E-state index is -2.66. The number of rotatable bonds is 7. The number of carboxylic acids is 1. The fourth-order valence-corrected chi connectivity index (χ4v) is 4.12. The van der Waals surface area contributed by atoms with Gasteiger partial charge < -0.3 is 15.2 Å². The number of hydrogen-bond acceptors (Lipinski definition) is 3. The third-order valence-electron chi connectivity index (χ3n) is 5.90. The van der Waals surface area contributed by atoms with Gasteiger partial charge in [0.15, 0.2) is 0 Å². The molecule has 2 N–H and O–H groups in total. The lowest BCUT2D eigenvalue weighted by Gasteiger charge is -2.28. The summed E-state index contributed by atoms with van der Waals surface area (Å²) in [7, 11) is 0. The number of aliphatic carboxylic acids is 1. The maximum atomic E-state index is 13.7. The zero-order valence-electron chi connectivity index (χ0n) is 19.1. The molecule has 1 fully saturated rings. The molecule has 0 aromatic heterocycles. The summed E-state index contributed by atoms with van der Waals surface area (Å²) < 4.78 is 46.7. The van der Waals surface area contributed by atoms with E-state index in [2.05, 4.69) is 5.32 Å². The Morgan fingerprint density at radius 2 is 1.85 bits per heavy atom. The monoisotopic (exact) mass is 465 g/mol. The molecule has 1 saturated carbocycles. The molecule has 2 aromatic rings. The predicted octanol–water partition coefficient (Wildman–Crippen LogP) is 5.80. The average molecular weight is 466 g/mol. The minimum absolute atomic E-state index is 0.0936. The highest BCUT2D eigenvalue weighted by Crippen LogP contribution is 2.37. The molecular formula is C25H30F3NO4. The standard InChI is InChI=1S/C25H30F3NO4/c1-24(2,3)13-20(23(31)32)29-22(30)19-6-4-16-12-17(26)5-7-18(16)21(19)33-14-15-8-10-25(27,28)11-9-15/h4-7,12,15,20H,8-11,13-14H2,1-3H3,(H,29,30)(H,31,32). The number of halogens is 3. The van der Waals surface area contributed by atoms with Crippen LogP contribution in [0.2, 0.25) is 0 Å². The summed E-state index contributed by atoms with van der Waals surface area (Å²) in [6.07, 6.45) is 0.422. The fraction of sp³-hybridized carbons (Fsp3) is 0.520. The van der Waals surface area contributed by atoms with Crippen molar-refractivity contribution in [2.24, 2.45) is 11.3 Å². The van der Waals surface area contributed by atoms with Gasteiger partial charge in [0.2, 0.25) is 5.92 Å². The van der Waals surface area contributed by atoms with Crippen molar-refractivity contribution in [3.8, 4) is 5.75 Å². The summed E-state index contributed by atoms with van der Waals surface area (Å²) in [5.41, 5.74) is -0.213. The topological polar surface area (TPSA) is 75.6 Å². The molecule has 0 aliphatic heterocycles. The number of hydrogen-bond donors (Lipinski definition) is 2. The smallest absolute Gasteiger partial charge is 0.326 e. The zero-order valence-corrected chi connectivity index (χ0v) is 19.1. The molecule has 33 heavy (non-hydrogen) atoms. The number of alkyl halides is 2. The predicted molar refractivity (Wildman–Crippen MR) is 119 cm³/mol. The van der Waals surface area contributed by atoms with Gasteiger partial charge in [-0.15, -0.1) is 0 Å². The molecule has 3 rings (SSSR count). The highest BCUT2D eigenvalue weighted by Gasteiger charge is 2.35. The van der Waals surface area contributed by atoms with Gasteiger partial charge >= 0.3 is 5.97 Å². The van der Waals surface area contributed by atoms with E-state index in [0.717, 1.165) is 0 Å². The molecule has 0 bridgehead atoms. The minimum Gasteiger partial charge on any atom is -0.492 e. The summed E-state index contributed by atoms with van der Waals surface area (Å²) in [6.45, 7) is 5.77. The lowest BCUT2D eigenvalue weighted by Crippen LogP contribution is -2.43. The molecule has 1 atom stereocenters. The number of carbonyl (C=O) groups is 2. The molecule has 1 aliphatic carbocycles. The van der Waals surface area contributed by atoms with Crippen LogP contribution in [0.3, 0.4) is 0 Å². The Kier molecular flexibility index (Phi) is 7.24. The van der Waals surface area contributed by atoms with Crippen LogP contribution in [0.5, 0.6) is 5.75 Å². The molecule has 0 radical (unpaired) electrons. The second-order valence-electron chi connectivity index (χ2n) is 10.0. The van der Waals surface area contributed by atoms with Crippen molar-refractivity contribution in [3.63, 3.8) is 0 Å². The maximum absolute atomic E-state index is 13.7. The van der Waals surface area contributed by atoms with Gasteiger partial charge in [-0.3, -0.25) is 4.79 Å². The first-order valence-electron chi connectivity index (χ1n) is 11.1. The van der Waals surface area contributed by atoms with Gasteiger partial charge in [-0.25, -0.2) is 18.0 Å². The number of carbonyl (C=O) groups excluding carboxylic acids is 1. The SMILES string of the molecule is CC(C)(C)CC(NC(=O)c1ccc2cc(F)ccc2c1OCC1CCC(F)(F)CC1)C(=O)O. The Balaban J connectivity index is 1.88. The molecule has 1 aliphatic rings. The number of nitrogens with one attached hydrogen (secondary N) is 1. The van der Waals surface area contributed by atoms with Crippen molar-refractivity contribution >= 4 is 22.6 Å². The van der Waals surface area contributed by atoms with Gasteiger partial charge in [-0.1, -0.05) is 26.8 Å². The molecule has 2 aromatic carbocycles. The summed E-state index contributed by atoms with van der Waals surface area (Å²) in [4.78, 5) is 24.8. The maximum Gasteiger partial charge on any atom is 0.326 e. The third kappa shape index (κ3) is 6.62. The van der Waals surface area contributed by atoms with Crippen LogP contribution in [0.15, 0.2) is 30.3 Å². The van der Waals surface area contributed by atoms with Crippen LogP contribution < -0.4 is 10.1 Å². The number of fused-ring (bicyclic) bond motifs is 1. The molecule has 0 saturated heterocycles. The van der Waals surface area contributed by atoms with Gasteiger partial charge in [-0.2, -0.15) is 0 Å². The summed E-state index contributed by atoms with van der Waals surface area (Å²) >= 11 is 0. The third-order valence-corrected chi connectivity index (χ3v) is 5.90. The molecular weight excluding hydrogens is 435 g/mol. The first kappa shape index (κ1) is 24.9. The lowest BCUT2D eigenvalue weighted by atomic mass is 9.87. The van der Waals surface area contributed by atoms with E-state index in [1.807, 2.05) is 20.8 Å². The second-order valence-corrected chi connectivity index (χ2v) is 10.0. The van der Waals surface area contributed by atoms with Crippen LogP contribution in [0, 0.1) is 17.2 Å². The Morgan fingerprint density at radius 1 is 1.18 bits per heavy atom. The van der Waals surface area contributed by atoms with Crippen LogP contribution in [0.25, 0.3) is 10.8 Å². The fourth-order valence-electron chi connectivity index (χ4n) is 4.12. The highest BCUT2D eigenvalue weighted by atomic mass is 19.3. The molecule has 0 heterocycles. The summed E-state index contributed by atoms with van der Waals surface area (Å²) in [5, 5.41) is 13.1. The Labute approximate surface area is 191 Å². The van der Waals surface area contributed by atoms with Crippen molar-refractivity contribution in [2.45, 2.75) is 64.8 Å². The molecule has 180 valence electrons. The Hall–Kier alpha value is -2.77. The molecule has 5 nitrogen and oxygen atoms in total. The largest absolute Gasteiger partial charge is 0.492 e. The molecule has 1 unspecified atom stereocenters. The first-order valence-corrected chi connectivity index (χ1v) is 11.1. The van der Waals surface area contributed by atoms with Crippen molar-refractivity contribution in [1.29, 1.82) is 0 Å². The van der Waals surface area contributed by atoms with Crippen molar-refractivity contribution in [1.82, 2.24) is 5.32 Å². The van der Waals surface area contributed by atoms with Crippen molar-refractivity contribution < 1.29 is 32.6 Å². The van der Waals surface area contributed by atoms with E-state index in [1.165, 1.54) is 24.3 Å².